The molecule has 0 aliphatic carbocycles. The SMILES string of the molecule is CC(C)(C)CN1CCC(COc2ccc(-c3ccc(C(=O)O)c(F)c3)c(C#N)c2)CC1. The third-order valence-corrected chi connectivity index (χ3v) is 5.51. The molecule has 1 aliphatic heterocycles. The zero-order chi connectivity index (χ0) is 22.6. The Bertz CT molecular complexity index is 983. The molecule has 0 atom stereocenters. The molecule has 0 aromatic heterocycles. The summed E-state index contributed by atoms with van der Waals surface area (Å²) in [5.74, 6) is -1.05. The maximum atomic E-state index is 14.1. The van der Waals surface area contributed by atoms with Gasteiger partial charge in [-0.05, 0) is 78.7 Å². The van der Waals surface area contributed by atoms with Gasteiger partial charge in [0, 0.05) is 6.54 Å². The first-order chi connectivity index (χ1) is 14.7. The first-order valence-corrected chi connectivity index (χ1v) is 10.6. The van der Waals surface area contributed by atoms with Crippen LogP contribution in [0.3, 0.4) is 0 Å². The number of carboxylic acid groups (broad SMARTS) is 1. The second kappa shape index (κ2) is 9.49. The van der Waals surface area contributed by atoms with Crippen LogP contribution in [0.25, 0.3) is 11.1 Å². The Hall–Kier alpha value is -2.91. The van der Waals surface area contributed by atoms with Crippen LogP contribution in [-0.2, 0) is 0 Å². The number of benzene rings is 2. The minimum Gasteiger partial charge on any atom is -0.493 e. The van der Waals surface area contributed by atoms with Gasteiger partial charge in [0.15, 0.2) is 0 Å². The van der Waals surface area contributed by atoms with Crippen molar-refractivity contribution in [1.29, 1.82) is 5.26 Å². The minimum absolute atomic E-state index is 0.301. The van der Waals surface area contributed by atoms with E-state index in [1.807, 2.05) is 0 Å². The lowest BCUT2D eigenvalue weighted by Gasteiger charge is -2.35. The summed E-state index contributed by atoms with van der Waals surface area (Å²) in [7, 11) is 0. The molecule has 5 nitrogen and oxygen atoms in total. The standard InChI is InChI=1S/C25H29FN2O3/c1-25(2,3)16-28-10-8-17(9-11-28)15-31-20-5-7-21(19(12-20)14-27)18-4-6-22(24(29)30)23(26)13-18/h4-7,12-13,17H,8-11,15-16H2,1-3H3,(H,29,30). The van der Waals surface area contributed by atoms with Crippen LogP contribution in [0.4, 0.5) is 4.39 Å². The van der Waals surface area contributed by atoms with E-state index in [-0.39, 0.29) is 0 Å². The number of nitriles is 1. The lowest BCUT2D eigenvalue weighted by atomic mass is 9.92. The van der Waals surface area contributed by atoms with Crippen molar-refractivity contribution in [1.82, 2.24) is 4.90 Å². The van der Waals surface area contributed by atoms with E-state index in [2.05, 4.69) is 31.7 Å². The van der Waals surface area contributed by atoms with E-state index in [4.69, 9.17) is 9.84 Å². The van der Waals surface area contributed by atoms with Crippen LogP contribution >= 0.6 is 0 Å². The van der Waals surface area contributed by atoms with E-state index in [1.54, 1.807) is 18.2 Å². The number of rotatable bonds is 6. The number of carbonyl (C=O) groups is 1. The molecule has 1 heterocycles. The van der Waals surface area contributed by atoms with Crippen LogP contribution in [-0.4, -0.2) is 42.2 Å². The Morgan fingerprint density at radius 3 is 2.52 bits per heavy atom. The normalized spacial score (nSPS) is 15.5. The number of aromatic carboxylic acids is 1. The van der Waals surface area contributed by atoms with Gasteiger partial charge in [-0.15, -0.1) is 0 Å². The molecule has 2 aromatic rings. The van der Waals surface area contributed by atoms with Gasteiger partial charge in [-0.1, -0.05) is 26.8 Å². The zero-order valence-corrected chi connectivity index (χ0v) is 18.3. The van der Waals surface area contributed by atoms with Crippen LogP contribution in [0.1, 0.15) is 49.5 Å². The number of hydrogen-bond donors (Lipinski definition) is 1. The number of nitrogens with zero attached hydrogens (tertiary/aromatic N) is 2. The van der Waals surface area contributed by atoms with E-state index in [1.165, 1.54) is 12.1 Å². The summed E-state index contributed by atoms with van der Waals surface area (Å²) in [5, 5.41) is 18.5. The molecule has 0 saturated carbocycles. The third-order valence-electron chi connectivity index (χ3n) is 5.51. The van der Waals surface area contributed by atoms with Gasteiger partial charge in [0.25, 0.3) is 0 Å². The Kier molecular flexibility index (Phi) is 6.97. The first-order valence-electron chi connectivity index (χ1n) is 10.6. The summed E-state index contributed by atoms with van der Waals surface area (Å²) in [6, 6.07) is 11.1. The highest BCUT2D eigenvalue weighted by Crippen LogP contribution is 2.29. The summed E-state index contributed by atoms with van der Waals surface area (Å²) in [6.45, 7) is 10.6. The highest BCUT2D eigenvalue weighted by Gasteiger charge is 2.23. The maximum absolute atomic E-state index is 14.1. The molecule has 31 heavy (non-hydrogen) atoms. The van der Waals surface area contributed by atoms with Crippen LogP contribution in [0.15, 0.2) is 36.4 Å². The molecule has 1 saturated heterocycles. The number of piperidine rings is 1. The van der Waals surface area contributed by atoms with Crippen LogP contribution in [0.5, 0.6) is 5.75 Å². The van der Waals surface area contributed by atoms with Crippen LogP contribution < -0.4 is 4.74 Å². The van der Waals surface area contributed by atoms with Crippen LogP contribution in [0, 0.1) is 28.5 Å². The number of ether oxygens (including phenoxy) is 1. The molecular formula is C25H29FN2O3. The quantitative estimate of drug-likeness (QED) is 0.690. The van der Waals surface area contributed by atoms with E-state index >= 15 is 0 Å². The smallest absolute Gasteiger partial charge is 0.338 e. The summed E-state index contributed by atoms with van der Waals surface area (Å²) in [4.78, 5) is 13.5. The van der Waals surface area contributed by atoms with Gasteiger partial charge in [0.2, 0.25) is 0 Å². The lowest BCUT2D eigenvalue weighted by Crippen LogP contribution is -2.40. The second-order valence-corrected chi connectivity index (χ2v) is 9.41. The predicted octanol–water partition coefficient (Wildman–Crippen LogP) is 5.20. The van der Waals surface area contributed by atoms with Gasteiger partial charge in [-0.25, -0.2) is 9.18 Å². The average molecular weight is 425 g/mol. The summed E-state index contributed by atoms with van der Waals surface area (Å²) in [5.41, 5.74) is 1.27. The van der Waals surface area contributed by atoms with E-state index in [0.29, 0.717) is 40.4 Å². The monoisotopic (exact) mass is 424 g/mol. The molecule has 0 amide bonds. The molecule has 164 valence electrons. The van der Waals surface area contributed by atoms with E-state index in [9.17, 15) is 14.4 Å². The molecule has 1 fully saturated rings. The van der Waals surface area contributed by atoms with Crippen molar-refractivity contribution in [2.45, 2.75) is 33.6 Å². The molecule has 1 N–H and O–H groups in total. The molecule has 0 spiro atoms. The Labute approximate surface area is 183 Å². The molecule has 3 rings (SSSR count). The van der Waals surface area contributed by atoms with Gasteiger partial charge >= 0.3 is 5.97 Å². The largest absolute Gasteiger partial charge is 0.493 e. The Morgan fingerprint density at radius 2 is 1.94 bits per heavy atom. The first kappa shape index (κ1) is 22.8. The van der Waals surface area contributed by atoms with Crippen molar-refractivity contribution in [3.05, 3.63) is 53.3 Å². The fourth-order valence-electron chi connectivity index (χ4n) is 4.01. The summed E-state index contributed by atoms with van der Waals surface area (Å²) >= 11 is 0. The number of halogens is 1. The van der Waals surface area contributed by atoms with Crippen molar-refractivity contribution in [2.24, 2.45) is 11.3 Å². The summed E-state index contributed by atoms with van der Waals surface area (Å²) < 4.78 is 20.0. The fourth-order valence-corrected chi connectivity index (χ4v) is 4.01. The highest BCUT2D eigenvalue weighted by molar-refractivity contribution is 5.89. The van der Waals surface area contributed by atoms with Gasteiger partial charge in [-0.2, -0.15) is 5.26 Å². The topological polar surface area (TPSA) is 73.6 Å². The highest BCUT2D eigenvalue weighted by atomic mass is 19.1. The maximum Gasteiger partial charge on any atom is 0.338 e. The fraction of sp³-hybridized carbons (Fsp3) is 0.440. The second-order valence-electron chi connectivity index (χ2n) is 9.41. The van der Waals surface area contributed by atoms with Crippen molar-refractivity contribution in [3.63, 3.8) is 0 Å². The van der Waals surface area contributed by atoms with E-state index in [0.717, 1.165) is 38.5 Å². The van der Waals surface area contributed by atoms with E-state index < -0.39 is 17.3 Å². The molecule has 0 unspecified atom stereocenters. The van der Waals surface area contributed by atoms with Crippen molar-refractivity contribution < 1.29 is 19.0 Å². The van der Waals surface area contributed by atoms with Gasteiger partial charge < -0.3 is 14.7 Å². The molecule has 0 radical (unpaired) electrons. The molecular weight excluding hydrogens is 395 g/mol. The summed E-state index contributed by atoms with van der Waals surface area (Å²) in [6.07, 6.45) is 2.18. The molecule has 0 bridgehead atoms. The van der Waals surface area contributed by atoms with Crippen molar-refractivity contribution in [2.75, 3.05) is 26.2 Å². The van der Waals surface area contributed by atoms with Gasteiger partial charge in [0.05, 0.1) is 23.8 Å². The van der Waals surface area contributed by atoms with Crippen LogP contribution in [0.2, 0.25) is 0 Å². The number of carboxylic acids is 1. The van der Waals surface area contributed by atoms with Crippen molar-refractivity contribution in [3.8, 4) is 22.9 Å². The zero-order valence-electron chi connectivity index (χ0n) is 18.3. The minimum atomic E-state index is -1.32. The number of likely N-dealkylation sites (tertiary alicyclic amines) is 1. The molecule has 1 aliphatic rings. The Morgan fingerprint density at radius 1 is 1.23 bits per heavy atom. The van der Waals surface area contributed by atoms with Crippen molar-refractivity contribution >= 4 is 5.97 Å². The predicted molar refractivity (Wildman–Crippen MR) is 118 cm³/mol. The molecule has 2 aromatic carbocycles. The number of hydrogen-bond acceptors (Lipinski definition) is 4. The third kappa shape index (κ3) is 6.05. The molecule has 6 heteroatoms. The van der Waals surface area contributed by atoms with Gasteiger partial charge in [-0.3, -0.25) is 0 Å². The van der Waals surface area contributed by atoms with Gasteiger partial charge in [0.1, 0.15) is 11.6 Å². The lowest BCUT2D eigenvalue weighted by molar-refractivity contribution is 0.0692. The average Bonchev–Trinajstić information content (AvgIpc) is 2.71. The Balaban J connectivity index is 1.63.